The Kier molecular flexibility index (Phi) is 6.67. The fourth-order valence-electron chi connectivity index (χ4n) is 2.24. The van der Waals surface area contributed by atoms with Crippen LogP contribution in [0.15, 0.2) is 81.0 Å². The van der Waals surface area contributed by atoms with Crippen molar-refractivity contribution in [1.29, 1.82) is 0 Å². The Hall–Kier alpha value is -2.84. The van der Waals surface area contributed by atoms with Gasteiger partial charge in [0.05, 0.1) is 16.3 Å². The number of nitrogens with zero attached hydrogens (tertiary/aromatic N) is 2. The highest BCUT2D eigenvalue weighted by Gasteiger charge is 2.15. The molecule has 0 atom stereocenters. The minimum atomic E-state index is -0.501. The van der Waals surface area contributed by atoms with Gasteiger partial charge in [-0.3, -0.25) is 9.78 Å². The van der Waals surface area contributed by atoms with Gasteiger partial charge >= 0.3 is 5.97 Å². The molecule has 2 aromatic carbocycles. The Bertz CT molecular complexity index is 1030. The van der Waals surface area contributed by atoms with Crippen LogP contribution < -0.4 is 10.2 Å². The molecule has 0 saturated heterocycles. The fraction of sp³-hybridized carbons (Fsp3) is 0. The molecule has 3 rings (SSSR count). The monoisotopic (exact) mass is 501 g/mol. The average Bonchev–Trinajstić information content (AvgIpc) is 2.71. The van der Waals surface area contributed by atoms with Crippen LogP contribution in [-0.2, 0) is 0 Å². The van der Waals surface area contributed by atoms with Crippen molar-refractivity contribution in [1.82, 2.24) is 10.4 Å². The molecule has 1 N–H and O–H groups in total. The van der Waals surface area contributed by atoms with Crippen molar-refractivity contribution in [3.63, 3.8) is 0 Å². The Morgan fingerprint density at radius 2 is 1.71 bits per heavy atom. The van der Waals surface area contributed by atoms with Crippen LogP contribution in [0.4, 0.5) is 0 Å². The van der Waals surface area contributed by atoms with E-state index in [0.717, 1.165) is 4.47 Å². The van der Waals surface area contributed by atoms with E-state index in [1.807, 2.05) is 6.07 Å². The summed E-state index contributed by atoms with van der Waals surface area (Å²) in [5.41, 5.74) is 3.78. The topological polar surface area (TPSA) is 80.6 Å². The summed E-state index contributed by atoms with van der Waals surface area (Å²) in [6.45, 7) is 0. The van der Waals surface area contributed by atoms with Gasteiger partial charge in [-0.15, -0.1) is 0 Å². The zero-order valence-corrected chi connectivity index (χ0v) is 17.5. The van der Waals surface area contributed by atoms with Crippen LogP contribution in [0.1, 0.15) is 26.3 Å². The van der Waals surface area contributed by atoms with Crippen molar-refractivity contribution < 1.29 is 14.3 Å². The standard InChI is InChI=1S/C20H13Br2N3O3/c21-16-10-15(12-24-25-19(26)13-6-8-23-9-7-13)18(17(22)11-16)28-20(27)14-4-2-1-3-5-14/h1-12H,(H,25,26)/b24-12-. The Morgan fingerprint density at radius 3 is 2.43 bits per heavy atom. The molecular formula is C20H13Br2N3O3. The number of benzene rings is 2. The summed E-state index contributed by atoms with van der Waals surface area (Å²) in [5.74, 6) is -0.589. The van der Waals surface area contributed by atoms with Crippen LogP contribution in [0.3, 0.4) is 0 Å². The highest BCUT2D eigenvalue weighted by molar-refractivity contribution is 9.11. The van der Waals surface area contributed by atoms with Gasteiger partial charge in [-0.2, -0.15) is 5.10 Å². The van der Waals surface area contributed by atoms with E-state index in [4.69, 9.17) is 4.74 Å². The minimum Gasteiger partial charge on any atom is -0.421 e. The van der Waals surface area contributed by atoms with E-state index < -0.39 is 5.97 Å². The number of ether oxygens (including phenoxy) is 1. The van der Waals surface area contributed by atoms with Gasteiger partial charge in [0.2, 0.25) is 0 Å². The second-order valence-corrected chi connectivity index (χ2v) is 7.27. The number of hydrogen-bond acceptors (Lipinski definition) is 5. The lowest BCUT2D eigenvalue weighted by molar-refractivity contribution is 0.0733. The van der Waals surface area contributed by atoms with Crippen LogP contribution in [0, 0.1) is 0 Å². The smallest absolute Gasteiger partial charge is 0.343 e. The van der Waals surface area contributed by atoms with Crippen molar-refractivity contribution in [3.05, 3.63) is 92.6 Å². The number of hydrazone groups is 1. The van der Waals surface area contributed by atoms with Crippen molar-refractivity contribution >= 4 is 50.0 Å². The number of pyridine rings is 1. The molecule has 28 heavy (non-hydrogen) atoms. The summed E-state index contributed by atoms with van der Waals surface area (Å²) in [6, 6.07) is 15.3. The highest BCUT2D eigenvalue weighted by atomic mass is 79.9. The zero-order valence-electron chi connectivity index (χ0n) is 14.3. The Labute approximate surface area is 177 Å². The molecule has 3 aromatic rings. The first-order chi connectivity index (χ1) is 13.5. The minimum absolute atomic E-state index is 0.291. The van der Waals surface area contributed by atoms with E-state index in [1.54, 1.807) is 48.5 Å². The number of aromatic nitrogens is 1. The first kappa shape index (κ1) is 19.9. The summed E-state index contributed by atoms with van der Waals surface area (Å²) in [5, 5.41) is 3.96. The number of nitrogens with one attached hydrogen (secondary N) is 1. The summed E-state index contributed by atoms with van der Waals surface area (Å²) in [7, 11) is 0. The molecule has 1 aromatic heterocycles. The predicted molar refractivity (Wildman–Crippen MR) is 113 cm³/mol. The summed E-state index contributed by atoms with van der Waals surface area (Å²) in [4.78, 5) is 28.3. The van der Waals surface area contributed by atoms with Gasteiger partial charge in [0.25, 0.3) is 5.91 Å². The van der Waals surface area contributed by atoms with Gasteiger partial charge < -0.3 is 4.74 Å². The molecule has 0 aliphatic heterocycles. The largest absolute Gasteiger partial charge is 0.421 e. The van der Waals surface area contributed by atoms with Gasteiger partial charge in [-0.05, 0) is 52.3 Å². The molecular weight excluding hydrogens is 490 g/mol. The maximum absolute atomic E-state index is 12.4. The lowest BCUT2D eigenvalue weighted by atomic mass is 10.2. The van der Waals surface area contributed by atoms with Crippen LogP contribution in [-0.4, -0.2) is 23.1 Å². The lowest BCUT2D eigenvalue weighted by Crippen LogP contribution is -2.17. The molecule has 0 radical (unpaired) electrons. The third-order valence-corrected chi connectivity index (χ3v) is 4.60. The van der Waals surface area contributed by atoms with Crippen molar-refractivity contribution in [3.8, 4) is 5.75 Å². The quantitative estimate of drug-likeness (QED) is 0.239. The first-order valence-electron chi connectivity index (χ1n) is 8.04. The SMILES string of the molecule is O=C(N/N=C\c1cc(Br)cc(Br)c1OC(=O)c1ccccc1)c1ccncc1. The van der Waals surface area contributed by atoms with Gasteiger partial charge in [-0.1, -0.05) is 34.1 Å². The van der Waals surface area contributed by atoms with Gasteiger partial charge in [0.15, 0.2) is 5.75 Å². The lowest BCUT2D eigenvalue weighted by Gasteiger charge is -2.10. The van der Waals surface area contributed by atoms with E-state index in [-0.39, 0.29) is 5.91 Å². The third-order valence-electron chi connectivity index (χ3n) is 3.55. The van der Waals surface area contributed by atoms with E-state index in [1.165, 1.54) is 18.6 Å². The highest BCUT2D eigenvalue weighted by Crippen LogP contribution is 2.32. The second kappa shape index (κ2) is 9.38. The molecule has 140 valence electrons. The molecule has 0 bridgehead atoms. The Morgan fingerprint density at radius 1 is 1.00 bits per heavy atom. The summed E-state index contributed by atoms with van der Waals surface area (Å²) < 4.78 is 6.85. The molecule has 0 aliphatic carbocycles. The molecule has 1 heterocycles. The van der Waals surface area contributed by atoms with Crippen molar-refractivity contribution in [2.75, 3.05) is 0 Å². The molecule has 0 fully saturated rings. The van der Waals surface area contributed by atoms with Crippen molar-refractivity contribution in [2.45, 2.75) is 0 Å². The number of amides is 1. The van der Waals surface area contributed by atoms with Crippen LogP contribution in [0.25, 0.3) is 0 Å². The zero-order chi connectivity index (χ0) is 19.9. The number of halogens is 2. The third kappa shape index (κ3) is 5.11. The average molecular weight is 503 g/mol. The van der Waals surface area contributed by atoms with E-state index >= 15 is 0 Å². The van der Waals surface area contributed by atoms with Crippen molar-refractivity contribution in [2.24, 2.45) is 5.10 Å². The van der Waals surface area contributed by atoms with E-state index in [2.05, 4.69) is 47.4 Å². The number of hydrogen-bond donors (Lipinski definition) is 1. The molecule has 0 aliphatic rings. The first-order valence-corrected chi connectivity index (χ1v) is 9.63. The Balaban J connectivity index is 1.80. The van der Waals surface area contributed by atoms with E-state index in [9.17, 15) is 9.59 Å². The number of carbonyl (C=O) groups is 2. The molecule has 6 nitrogen and oxygen atoms in total. The van der Waals surface area contributed by atoms with Gasteiger partial charge in [0, 0.05) is 28.0 Å². The second-order valence-electron chi connectivity index (χ2n) is 5.50. The van der Waals surface area contributed by atoms with E-state index in [0.29, 0.717) is 26.9 Å². The summed E-state index contributed by atoms with van der Waals surface area (Å²) >= 11 is 6.78. The number of carbonyl (C=O) groups excluding carboxylic acids is 2. The molecule has 0 spiro atoms. The predicted octanol–water partition coefficient (Wildman–Crippen LogP) is 4.59. The van der Waals surface area contributed by atoms with Crippen LogP contribution >= 0.6 is 31.9 Å². The molecule has 8 heteroatoms. The van der Waals surface area contributed by atoms with Gasteiger partial charge in [0.1, 0.15) is 0 Å². The normalized spacial score (nSPS) is 10.6. The fourth-order valence-corrected chi connectivity index (χ4v) is 3.58. The number of esters is 1. The maximum atomic E-state index is 12.4. The maximum Gasteiger partial charge on any atom is 0.343 e. The number of rotatable bonds is 5. The van der Waals surface area contributed by atoms with Crippen LogP contribution in [0.5, 0.6) is 5.75 Å². The summed E-state index contributed by atoms with van der Waals surface area (Å²) in [6.07, 6.45) is 4.44. The molecule has 0 unspecified atom stereocenters. The molecule has 1 amide bonds. The molecule has 0 saturated carbocycles. The van der Waals surface area contributed by atoms with Crippen LogP contribution in [0.2, 0.25) is 0 Å². The van der Waals surface area contributed by atoms with Gasteiger partial charge in [-0.25, -0.2) is 10.2 Å².